The number of carboxylic acids is 1. The Bertz CT molecular complexity index is 544. The van der Waals surface area contributed by atoms with Crippen molar-refractivity contribution in [3.8, 4) is 0 Å². The molecule has 0 aliphatic rings. The summed E-state index contributed by atoms with van der Waals surface area (Å²) in [6.45, 7) is 0. The standard InChI is InChI=1S/C12H8O3/c13-7-8-1-2-10-6-11(12(14)15)4-3-9(10)5-8/h1-7H,(H,14,15)/p-1. The van der Waals surface area contributed by atoms with E-state index >= 15 is 0 Å². The average Bonchev–Trinajstić information content (AvgIpc) is 2.27. The SMILES string of the molecule is O=Cc1ccc2cc(C(=O)[O-])ccc2c1. The summed E-state index contributed by atoms with van der Waals surface area (Å²) >= 11 is 0. The molecule has 0 fully saturated rings. The molecule has 2 aromatic carbocycles. The minimum absolute atomic E-state index is 0.140. The molecule has 0 radical (unpaired) electrons. The molecule has 2 rings (SSSR count). The molecule has 0 spiro atoms. The molecule has 0 aliphatic carbocycles. The molecule has 3 nitrogen and oxygen atoms in total. The number of hydrogen-bond acceptors (Lipinski definition) is 3. The summed E-state index contributed by atoms with van der Waals surface area (Å²) in [5.41, 5.74) is 0.713. The van der Waals surface area contributed by atoms with Crippen LogP contribution < -0.4 is 5.11 Å². The molecule has 0 N–H and O–H groups in total. The number of fused-ring (bicyclic) bond motifs is 1. The molecule has 0 aromatic heterocycles. The molecule has 0 saturated heterocycles. The largest absolute Gasteiger partial charge is 0.545 e. The Morgan fingerprint density at radius 1 is 1.07 bits per heavy atom. The van der Waals surface area contributed by atoms with Gasteiger partial charge >= 0.3 is 0 Å². The van der Waals surface area contributed by atoms with Crippen LogP contribution in [0.15, 0.2) is 36.4 Å². The van der Waals surface area contributed by atoms with E-state index < -0.39 is 5.97 Å². The van der Waals surface area contributed by atoms with Gasteiger partial charge in [-0.15, -0.1) is 0 Å². The van der Waals surface area contributed by atoms with Crippen LogP contribution in [0.3, 0.4) is 0 Å². The highest BCUT2D eigenvalue weighted by molar-refractivity contribution is 5.95. The van der Waals surface area contributed by atoms with Crippen LogP contribution in [-0.2, 0) is 0 Å². The summed E-state index contributed by atoms with van der Waals surface area (Å²) in [6.07, 6.45) is 0.756. The first-order valence-electron chi connectivity index (χ1n) is 4.41. The number of aromatic carboxylic acids is 1. The van der Waals surface area contributed by atoms with Crippen molar-refractivity contribution in [1.29, 1.82) is 0 Å². The lowest BCUT2D eigenvalue weighted by Gasteiger charge is -2.04. The van der Waals surface area contributed by atoms with Gasteiger partial charge in [-0.05, 0) is 28.5 Å². The zero-order chi connectivity index (χ0) is 10.8. The lowest BCUT2D eigenvalue weighted by Crippen LogP contribution is -2.21. The van der Waals surface area contributed by atoms with Gasteiger partial charge in [0.25, 0.3) is 0 Å². The highest BCUT2D eigenvalue weighted by atomic mass is 16.4. The number of benzene rings is 2. The number of aldehydes is 1. The summed E-state index contributed by atoms with van der Waals surface area (Å²) in [5, 5.41) is 12.2. The van der Waals surface area contributed by atoms with Crippen LogP contribution in [0.1, 0.15) is 20.7 Å². The molecule has 0 bridgehead atoms. The molecule has 0 aliphatic heterocycles. The average molecular weight is 199 g/mol. The van der Waals surface area contributed by atoms with Gasteiger partial charge in [0.15, 0.2) is 0 Å². The second kappa shape index (κ2) is 3.53. The quantitative estimate of drug-likeness (QED) is 0.678. The Morgan fingerprint density at radius 3 is 2.40 bits per heavy atom. The molecule has 0 heterocycles. The number of carboxylic acid groups (broad SMARTS) is 1. The minimum atomic E-state index is -1.20. The molecule has 0 saturated carbocycles. The van der Waals surface area contributed by atoms with Crippen molar-refractivity contribution in [1.82, 2.24) is 0 Å². The van der Waals surface area contributed by atoms with E-state index in [1.165, 1.54) is 12.1 Å². The van der Waals surface area contributed by atoms with Gasteiger partial charge in [-0.25, -0.2) is 0 Å². The third-order valence-electron chi connectivity index (χ3n) is 2.24. The highest BCUT2D eigenvalue weighted by Crippen LogP contribution is 2.17. The zero-order valence-corrected chi connectivity index (χ0v) is 7.77. The lowest BCUT2D eigenvalue weighted by molar-refractivity contribution is -0.255. The van der Waals surface area contributed by atoms with E-state index in [0.29, 0.717) is 5.56 Å². The van der Waals surface area contributed by atoms with E-state index in [1.807, 2.05) is 0 Å². The molecule has 0 atom stereocenters. The van der Waals surface area contributed by atoms with Gasteiger partial charge in [0, 0.05) is 5.56 Å². The van der Waals surface area contributed by atoms with E-state index in [0.717, 1.165) is 17.1 Å². The van der Waals surface area contributed by atoms with Crippen molar-refractivity contribution in [2.45, 2.75) is 0 Å². The second-order valence-electron chi connectivity index (χ2n) is 3.23. The summed E-state index contributed by atoms with van der Waals surface area (Å²) in [7, 11) is 0. The van der Waals surface area contributed by atoms with Gasteiger partial charge < -0.3 is 9.90 Å². The molecule has 0 unspecified atom stereocenters. The molecule has 2 aromatic rings. The Balaban J connectivity index is 2.64. The summed E-state index contributed by atoms with van der Waals surface area (Å²) in [5.74, 6) is -1.20. The number of carbonyl (C=O) groups excluding carboxylic acids is 2. The molecule has 3 heteroatoms. The maximum Gasteiger partial charge on any atom is 0.150 e. The lowest BCUT2D eigenvalue weighted by atomic mass is 10.0. The van der Waals surface area contributed by atoms with Crippen LogP contribution in [0.4, 0.5) is 0 Å². The molecule has 15 heavy (non-hydrogen) atoms. The van der Waals surface area contributed by atoms with Gasteiger partial charge in [0.2, 0.25) is 0 Å². The van der Waals surface area contributed by atoms with Gasteiger partial charge in [0.05, 0.1) is 5.97 Å². The minimum Gasteiger partial charge on any atom is -0.545 e. The fraction of sp³-hybridized carbons (Fsp3) is 0. The second-order valence-corrected chi connectivity index (χ2v) is 3.23. The van der Waals surface area contributed by atoms with Crippen LogP contribution in [-0.4, -0.2) is 12.3 Å². The summed E-state index contributed by atoms with van der Waals surface area (Å²) in [4.78, 5) is 21.1. The van der Waals surface area contributed by atoms with E-state index in [2.05, 4.69) is 0 Å². The van der Waals surface area contributed by atoms with E-state index in [4.69, 9.17) is 0 Å². The van der Waals surface area contributed by atoms with Crippen molar-refractivity contribution in [2.75, 3.05) is 0 Å². The molecule has 0 amide bonds. The number of hydrogen-bond donors (Lipinski definition) is 0. The third-order valence-corrected chi connectivity index (χ3v) is 2.24. The number of rotatable bonds is 2. The first-order chi connectivity index (χ1) is 7.20. The van der Waals surface area contributed by atoms with Crippen LogP contribution in [0.25, 0.3) is 10.8 Å². The van der Waals surface area contributed by atoms with Gasteiger partial charge in [-0.2, -0.15) is 0 Å². The van der Waals surface area contributed by atoms with Gasteiger partial charge in [-0.3, -0.25) is 4.79 Å². The maximum atomic E-state index is 10.6. The van der Waals surface area contributed by atoms with Crippen molar-refractivity contribution in [2.24, 2.45) is 0 Å². The fourth-order valence-corrected chi connectivity index (χ4v) is 1.46. The molecular weight excluding hydrogens is 192 g/mol. The van der Waals surface area contributed by atoms with Gasteiger partial charge in [-0.1, -0.05) is 24.3 Å². The van der Waals surface area contributed by atoms with Crippen LogP contribution in [0, 0.1) is 0 Å². The first-order valence-corrected chi connectivity index (χ1v) is 4.41. The Morgan fingerprint density at radius 2 is 1.73 bits per heavy atom. The van der Waals surface area contributed by atoms with Crippen molar-refractivity contribution in [3.05, 3.63) is 47.5 Å². The Kier molecular flexibility index (Phi) is 2.21. The predicted octanol–water partition coefficient (Wildman–Crippen LogP) is 1.02. The maximum absolute atomic E-state index is 10.6. The Labute approximate surface area is 86.0 Å². The zero-order valence-electron chi connectivity index (χ0n) is 7.77. The van der Waals surface area contributed by atoms with Crippen LogP contribution >= 0.6 is 0 Å². The fourth-order valence-electron chi connectivity index (χ4n) is 1.46. The van der Waals surface area contributed by atoms with Crippen molar-refractivity contribution < 1.29 is 14.7 Å². The summed E-state index contributed by atoms with van der Waals surface area (Å²) in [6, 6.07) is 9.72. The van der Waals surface area contributed by atoms with E-state index in [1.54, 1.807) is 24.3 Å². The normalized spacial score (nSPS) is 10.1. The third kappa shape index (κ3) is 1.72. The monoisotopic (exact) mass is 199 g/mol. The van der Waals surface area contributed by atoms with E-state index in [-0.39, 0.29) is 5.56 Å². The van der Waals surface area contributed by atoms with E-state index in [9.17, 15) is 14.7 Å². The van der Waals surface area contributed by atoms with Crippen molar-refractivity contribution >= 4 is 23.0 Å². The molecule has 74 valence electrons. The smallest absolute Gasteiger partial charge is 0.150 e. The topological polar surface area (TPSA) is 57.2 Å². The van der Waals surface area contributed by atoms with Crippen molar-refractivity contribution in [3.63, 3.8) is 0 Å². The van der Waals surface area contributed by atoms with Gasteiger partial charge in [0.1, 0.15) is 6.29 Å². The predicted molar refractivity (Wildman–Crippen MR) is 53.7 cm³/mol. The van der Waals surface area contributed by atoms with Crippen LogP contribution in [0.5, 0.6) is 0 Å². The molecular formula is C12H7O3-. The summed E-state index contributed by atoms with van der Waals surface area (Å²) < 4.78 is 0. The first kappa shape index (κ1) is 9.40. The number of carbonyl (C=O) groups is 2. The highest BCUT2D eigenvalue weighted by Gasteiger charge is 1.98. The Hall–Kier alpha value is -2.16. The van der Waals surface area contributed by atoms with Crippen LogP contribution in [0.2, 0.25) is 0 Å².